The standard InChI is InChI=1S/2C31H32GeO2.2C8H17.Sn/c2*1-22-5-13-26(14-6-22)30(21-31(33)34)32(27-15-7-23(2)8-16-27,28-17-9-24(3)10-18-28)29-19-11-25(4)12-20-29;2*1-3-5-7-8-6-4-2;/h2*5-20,30H,21H2,1-4H3,(H,33,34);2*1,3-8H2,2H3;/q;;;;+2/p-2. The Morgan fingerprint density at radius 1 is 0.306 bits per heavy atom. The van der Waals surface area contributed by atoms with Gasteiger partial charge >= 0.3 is 527 Å². The number of unbranched alkanes of at least 4 members (excludes halogenated alkanes) is 10. The fourth-order valence-electron chi connectivity index (χ4n) is 13.3. The van der Waals surface area contributed by atoms with E-state index in [0.717, 1.165) is 49.7 Å². The van der Waals surface area contributed by atoms with Gasteiger partial charge in [0.25, 0.3) is 0 Å². The van der Waals surface area contributed by atoms with Crippen molar-refractivity contribution in [1.29, 1.82) is 0 Å². The Morgan fingerprint density at radius 2 is 0.506 bits per heavy atom. The van der Waals surface area contributed by atoms with Crippen molar-refractivity contribution < 1.29 is 15.7 Å². The van der Waals surface area contributed by atoms with E-state index in [9.17, 15) is 0 Å². The normalized spacial score (nSPS) is 12.6. The van der Waals surface area contributed by atoms with Crippen LogP contribution < -0.4 is 26.4 Å². The molecule has 85 heavy (non-hydrogen) atoms. The van der Waals surface area contributed by atoms with Crippen LogP contribution >= 0.6 is 0 Å². The molecule has 0 N–H and O–H groups in total. The van der Waals surface area contributed by atoms with Gasteiger partial charge in [-0.15, -0.1) is 0 Å². The third-order valence-corrected chi connectivity index (χ3v) is 50.3. The van der Waals surface area contributed by atoms with E-state index in [0.29, 0.717) is 8.87 Å². The summed E-state index contributed by atoms with van der Waals surface area (Å²) >= 11 is -12.9. The van der Waals surface area contributed by atoms with Gasteiger partial charge in [0, 0.05) is 0 Å². The SMILES string of the molecule is CCCCCCC[CH2][Sn]([CH2]CCCCCCC)([O]C(=O)C[CH](c1ccc(C)cc1)[Ge]([c]1ccc(C)cc1)([c]1ccc(C)cc1)[c]1ccc(C)cc1)[O]C(=O)C[CH](c1ccc(C)cc1)[Ge]([c]1ccc(C)cc1)([c]1ccc(C)cc1)[c]1ccc(C)cc1. The minimum absolute atomic E-state index is 0.167. The van der Waals surface area contributed by atoms with Crippen LogP contribution in [0.3, 0.4) is 0 Å². The van der Waals surface area contributed by atoms with Crippen molar-refractivity contribution >= 4 is 84.1 Å². The Balaban J connectivity index is 1.30. The van der Waals surface area contributed by atoms with Crippen molar-refractivity contribution in [3.63, 3.8) is 0 Å². The molecule has 0 saturated carbocycles. The van der Waals surface area contributed by atoms with E-state index >= 15 is 9.59 Å². The number of carbonyl (C=O) groups is 2. The van der Waals surface area contributed by atoms with Crippen molar-refractivity contribution in [2.75, 3.05) is 0 Å². The Morgan fingerprint density at radius 3 is 0.729 bits per heavy atom. The summed E-state index contributed by atoms with van der Waals surface area (Å²) < 4.78 is 23.7. The fourth-order valence-corrected chi connectivity index (χ4v) is 45.5. The molecule has 0 saturated heterocycles. The van der Waals surface area contributed by atoms with Crippen LogP contribution in [0.25, 0.3) is 0 Å². The van der Waals surface area contributed by atoms with Crippen LogP contribution in [0.2, 0.25) is 8.87 Å². The molecule has 0 aromatic heterocycles. The maximum absolute atomic E-state index is 16.3. The number of rotatable bonds is 30. The first-order valence-corrected chi connectivity index (χ1v) is 47.2. The summed E-state index contributed by atoms with van der Waals surface area (Å²) in [5, 5.41) is 0. The summed E-state index contributed by atoms with van der Waals surface area (Å²) in [6.07, 6.45) is 13.4. The molecule has 0 spiro atoms. The molecule has 0 aliphatic heterocycles. The first kappa shape index (κ1) is 65.6. The quantitative estimate of drug-likeness (QED) is 0.0333. The van der Waals surface area contributed by atoms with E-state index in [1.807, 2.05) is 0 Å². The van der Waals surface area contributed by atoms with Crippen LogP contribution in [-0.2, 0) is 15.7 Å². The number of hydrogen-bond donors (Lipinski definition) is 0. The average molecular weight is 1360 g/mol. The second-order valence-corrected chi connectivity index (χ2v) is 51.2. The number of aryl methyl sites for hydroxylation is 8. The molecule has 4 nitrogen and oxygen atoms in total. The molecule has 8 aromatic rings. The number of benzene rings is 8. The van der Waals surface area contributed by atoms with Gasteiger partial charge < -0.3 is 0 Å². The molecule has 0 heterocycles. The zero-order valence-electron chi connectivity index (χ0n) is 53.1. The maximum atomic E-state index is 16.3. The predicted octanol–water partition coefficient (Wildman–Crippen LogP) is 16.5. The van der Waals surface area contributed by atoms with E-state index in [1.165, 1.54) is 109 Å². The topological polar surface area (TPSA) is 52.6 Å². The van der Waals surface area contributed by atoms with E-state index < -0.39 is 45.7 Å². The van der Waals surface area contributed by atoms with Crippen LogP contribution in [0, 0.1) is 55.4 Å². The van der Waals surface area contributed by atoms with Crippen molar-refractivity contribution in [2.24, 2.45) is 0 Å². The van der Waals surface area contributed by atoms with Crippen molar-refractivity contribution in [2.45, 2.75) is 178 Å². The van der Waals surface area contributed by atoms with Gasteiger partial charge in [-0.2, -0.15) is 0 Å². The molecule has 7 heteroatoms. The molecule has 0 aliphatic carbocycles. The molecule has 8 aromatic carbocycles. The van der Waals surface area contributed by atoms with Crippen LogP contribution in [0.1, 0.15) is 169 Å². The van der Waals surface area contributed by atoms with Crippen molar-refractivity contribution in [1.82, 2.24) is 0 Å². The molecular weight excluding hydrogens is 1260 g/mol. The van der Waals surface area contributed by atoms with Gasteiger partial charge in [-0.3, -0.25) is 0 Å². The molecule has 0 bridgehead atoms. The number of hydrogen-bond acceptors (Lipinski definition) is 4. The zero-order valence-corrected chi connectivity index (χ0v) is 60.1. The van der Waals surface area contributed by atoms with E-state index in [2.05, 4.69) is 263 Å². The van der Waals surface area contributed by atoms with E-state index in [1.54, 1.807) is 0 Å². The van der Waals surface area contributed by atoms with Gasteiger partial charge in [0.05, 0.1) is 0 Å². The van der Waals surface area contributed by atoms with Crippen LogP contribution in [0.5, 0.6) is 0 Å². The number of carbonyl (C=O) groups excluding carboxylic acids is 2. The minimum atomic E-state index is -4.85. The van der Waals surface area contributed by atoms with Gasteiger partial charge in [-0.25, -0.2) is 0 Å². The summed E-state index contributed by atoms with van der Waals surface area (Å²) in [6.45, 7) is 21.8. The van der Waals surface area contributed by atoms with E-state index in [4.69, 9.17) is 6.15 Å². The summed E-state index contributed by atoms with van der Waals surface area (Å²) in [7, 11) is 0. The van der Waals surface area contributed by atoms with Crippen LogP contribution in [-0.4, -0.2) is 57.7 Å². The average Bonchev–Trinajstić information content (AvgIpc) is 0.884. The van der Waals surface area contributed by atoms with Gasteiger partial charge in [0.1, 0.15) is 0 Å². The summed E-state index contributed by atoms with van der Waals surface area (Å²) in [5.41, 5.74) is 11.8. The third kappa shape index (κ3) is 16.6. The Bertz CT molecular complexity index is 2890. The Labute approximate surface area is 522 Å². The Kier molecular flexibility index (Phi) is 24.3. The second kappa shape index (κ2) is 31.5. The molecule has 0 radical (unpaired) electrons. The molecular formula is C78H96Ge2O4Sn. The predicted molar refractivity (Wildman–Crippen MR) is 368 cm³/mol. The summed E-state index contributed by atoms with van der Waals surface area (Å²) in [5.74, 6) is -0.456. The Hall–Kier alpha value is -5.42. The van der Waals surface area contributed by atoms with Gasteiger partial charge in [-0.1, -0.05) is 0 Å². The molecule has 8 rings (SSSR count). The molecule has 444 valence electrons. The van der Waals surface area contributed by atoms with Gasteiger partial charge in [-0.05, 0) is 0 Å². The van der Waals surface area contributed by atoms with Crippen LogP contribution in [0.15, 0.2) is 194 Å². The first-order valence-electron chi connectivity index (χ1n) is 32.1. The van der Waals surface area contributed by atoms with Gasteiger partial charge in [0.2, 0.25) is 0 Å². The molecule has 2 unspecified atom stereocenters. The van der Waals surface area contributed by atoms with Crippen LogP contribution in [0.4, 0.5) is 0 Å². The summed E-state index contributed by atoms with van der Waals surface area (Å²) in [6, 6.07) is 73.2. The second-order valence-electron chi connectivity index (χ2n) is 25.0. The fraction of sp³-hybridized carbons (Fsp3) is 0.359. The third-order valence-electron chi connectivity index (χ3n) is 18.2. The van der Waals surface area contributed by atoms with Gasteiger partial charge in [0.15, 0.2) is 0 Å². The first-order chi connectivity index (χ1) is 41.1. The summed E-state index contributed by atoms with van der Waals surface area (Å²) in [4.78, 5) is 32.6. The van der Waals surface area contributed by atoms with Crippen molar-refractivity contribution in [3.05, 3.63) is 250 Å². The molecule has 0 amide bonds. The monoisotopic (exact) mass is 1360 g/mol. The zero-order chi connectivity index (χ0) is 60.4. The molecule has 2 atom stereocenters. The molecule has 0 fully saturated rings. The van der Waals surface area contributed by atoms with E-state index in [-0.39, 0.29) is 34.3 Å². The van der Waals surface area contributed by atoms with Crippen molar-refractivity contribution in [3.8, 4) is 0 Å². The molecule has 0 aliphatic rings.